The first-order valence-electron chi connectivity index (χ1n) is 7.12. The van der Waals surface area contributed by atoms with Crippen LogP contribution in [0, 0.1) is 0 Å². The maximum Gasteiger partial charge on any atom is 0.0444 e. The molecule has 0 amide bonds. The molecule has 0 aromatic heterocycles. The summed E-state index contributed by atoms with van der Waals surface area (Å²) in [4.78, 5) is 0. The Morgan fingerprint density at radius 1 is 1.17 bits per heavy atom. The molecule has 0 heterocycles. The summed E-state index contributed by atoms with van der Waals surface area (Å²) in [7, 11) is 0. The second-order valence-electron chi connectivity index (χ2n) is 5.86. The molecule has 0 saturated heterocycles. The minimum absolute atomic E-state index is 0.251. The third kappa shape index (κ3) is 3.07. The van der Waals surface area contributed by atoms with E-state index in [0.29, 0.717) is 6.04 Å². The van der Waals surface area contributed by atoms with Gasteiger partial charge in [0.25, 0.3) is 0 Å². The molecular weight excluding hydrogens is 242 g/mol. The third-order valence-electron chi connectivity index (χ3n) is 4.10. The molecule has 0 spiro atoms. The van der Waals surface area contributed by atoms with Gasteiger partial charge >= 0.3 is 0 Å². The van der Waals surface area contributed by atoms with Crippen LogP contribution in [-0.2, 0) is 5.41 Å². The van der Waals surface area contributed by atoms with E-state index in [1.807, 2.05) is 12.1 Å². The van der Waals surface area contributed by atoms with Crippen LogP contribution < -0.4 is 5.32 Å². The van der Waals surface area contributed by atoms with Crippen LogP contribution in [0.2, 0.25) is 5.02 Å². The first-order valence-corrected chi connectivity index (χ1v) is 7.50. The average Bonchev–Trinajstić information content (AvgIpc) is 2.38. The summed E-state index contributed by atoms with van der Waals surface area (Å²) in [6.07, 6.45) is 6.54. The second kappa shape index (κ2) is 6.08. The molecule has 1 nitrogen and oxygen atoms in total. The number of hydrogen-bond donors (Lipinski definition) is 1. The van der Waals surface area contributed by atoms with Crippen molar-refractivity contribution in [3.8, 4) is 0 Å². The van der Waals surface area contributed by atoms with Gasteiger partial charge in [-0.2, -0.15) is 0 Å². The Labute approximate surface area is 116 Å². The van der Waals surface area contributed by atoms with Gasteiger partial charge in [-0.3, -0.25) is 0 Å². The number of hydrogen-bond acceptors (Lipinski definition) is 1. The maximum absolute atomic E-state index is 6.43. The molecule has 1 aliphatic carbocycles. The van der Waals surface area contributed by atoms with Crippen LogP contribution in [0.15, 0.2) is 24.3 Å². The number of halogens is 1. The van der Waals surface area contributed by atoms with Crippen molar-refractivity contribution in [1.29, 1.82) is 0 Å². The van der Waals surface area contributed by atoms with Gasteiger partial charge in [0.2, 0.25) is 0 Å². The lowest BCUT2D eigenvalue weighted by Crippen LogP contribution is -2.42. The van der Waals surface area contributed by atoms with Crippen LogP contribution in [0.25, 0.3) is 0 Å². The smallest absolute Gasteiger partial charge is 0.0444 e. The van der Waals surface area contributed by atoms with E-state index in [-0.39, 0.29) is 5.41 Å². The Hall–Kier alpha value is -0.530. The van der Waals surface area contributed by atoms with Crippen LogP contribution >= 0.6 is 11.6 Å². The molecule has 1 N–H and O–H groups in total. The first kappa shape index (κ1) is 13.9. The average molecular weight is 266 g/mol. The molecule has 1 aromatic rings. The third-order valence-corrected chi connectivity index (χ3v) is 4.43. The van der Waals surface area contributed by atoms with E-state index in [9.17, 15) is 0 Å². The quantitative estimate of drug-likeness (QED) is 0.843. The molecule has 1 fully saturated rings. The summed E-state index contributed by atoms with van der Waals surface area (Å²) in [5, 5.41) is 4.56. The van der Waals surface area contributed by atoms with Crippen LogP contribution in [-0.4, -0.2) is 12.6 Å². The Morgan fingerprint density at radius 3 is 2.44 bits per heavy atom. The zero-order valence-electron chi connectivity index (χ0n) is 11.5. The van der Waals surface area contributed by atoms with E-state index in [1.54, 1.807) is 0 Å². The molecule has 0 bridgehead atoms. The van der Waals surface area contributed by atoms with Crippen molar-refractivity contribution in [2.24, 2.45) is 0 Å². The van der Waals surface area contributed by atoms with E-state index in [1.165, 1.54) is 37.7 Å². The van der Waals surface area contributed by atoms with Crippen molar-refractivity contribution < 1.29 is 0 Å². The summed E-state index contributed by atoms with van der Waals surface area (Å²) in [6, 6.07) is 8.93. The van der Waals surface area contributed by atoms with Gasteiger partial charge in [0.15, 0.2) is 0 Å². The second-order valence-corrected chi connectivity index (χ2v) is 6.26. The lowest BCUT2D eigenvalue weighted by Gasteiger charge is -2.39. The van der Waals surface area contributed by atoms with Crippen LogP contribution in [0.4, 0.5) is 0 Å². The van der Waals surface area contributed by atoms with Crippen molar-refractivity contribution in [3.05, 3.63) is 34.9 Å². The molecule has 0 unspecified atom stereocenters. The van der Waals surface area contributed by atoms with Crippen molar-refractivity contribution in [3.63, 3.8) is 0 Å². The molecule has 18 heavy (non-hydrogen) atoms. The standard InChI is InChI=1S/C16H24ClN/c1-13(2)18-12-16(10-6-3-7-11-16)14-8-4-5-9-15(14)17/h4-5,8-9,13,18H,3,6-7,10-12H2,1-2H3. The summed E-state index contributed by atoms with van der Waals surface area (Å²) >= 11 is 6.43. The highest BCUT2D eigenvalue weighted by atomic mass is 35.5. The predicted octanol–water partition coefficient (Wildman–Crippen LogP) is 4.54. The van der Waals surface area contributed by atoms with E-state index >= 15 is 0 Å². The molecule has 1 aliphatic rings. The van der Waals surface area contributed by atoms with Crippen molar-refractivity contribution >= 4 is 11.6 Å². The summed E-state index contributed by atoms with van der Waals surface area (Å²) < 4.78 is 0. The SMILES string of the molecule is CC(C)NCC1(c2ccccc2Cl)CCCCC1. The Bertz CT molecular complexity index is 380. The summed E-state index contributed by atoms with van der Waals surface area (Å²) in [5.41, 5.74) is 1.60. The highest BCUT2D eigenvalue weighted by Gasteiger charge is 2.35. The molecular formula is C16H24ClN. The zero-order valence-corrected chi connectivity index (χ0v) is 12.3. The topological polar surface area (TPSA) is 12.0 Å². The normalized spacial score (nSPS) is 19.1. The summed E-state index contributed by atoms with van der Waals surface area (Å²) in [5.74, 6) is 0. The Balaban J connectivity index is 2.26. The van der Waals surface area contributed by atoms with Gasteiger partial charge in [0.05, 0.1) is 0 Å². The molecule has 1 saturated carbocycles. The number of nitrogens with one attached hydrogen (secondary N) is 1. The van der Waals surface area contributed by atoms with Gasteiger partial charge in [-0.1, -0.05) is 62.9 Å². The van der Waals surface area contributed by atoms with E-state index < -0.39 is 0 Å². The Kier molecular flexibility index (Phi) is 4.69. The van der Waals surface area contributed by atoms with E-state index in [4.69, 9.17) is 11.6 Å². The minimum Gasteiger partial charge on any atom is -0.314 e. The lowest BCUT2D eigenvalue weighted by molar-refractivity contribution is 0.273. The van der Waals surface area contributed by atoms with Gasteiger partial charge in [0, 0.05) is 23.0 Å². The molecule has 100 valence electrons. The highest BCUT2D eigenvalue weighted by molar-refractivity contribution is 6.31. The van der Waals surface area contributed by atoms with Crippen molar-refractivity contribution in [2.45, 2.75) is 57.4 Å². The van der Waals surface area contributed by atoms with Gasteiger partial charge in [-0.15, -0.1) is 0 Å². The number of rotatable bonds is 4. The van der Waals surface area contributed by atoms with Crippen molar-refractivity contribution in [1.82, 2.24) is 5.32 Å². The maximum atomic E-state index is 6.43. The van der Waals surface area contributed by atoms with Crippen LogP contribution in [0.5, 0.6) is 0 Å². The molecule has 2 heteroatoms. The first-order chi connectivity index (χ1) is 8.64. The lowest BCUT2D eigenvalue weighted by atomic mass is 9.69. The van der Waals surface area contributed by atoms with E-state index in [0.717, 1.165) is 11.6 Å². The predicted molar refractivity (Wildman–Crippen MR) is 79.4 cm³/mol. The van der Waals surface area contributed by atoms with E-state index in [2.05, 4.69) is 31.3 Å². The van der Waals surface area contributed by atoms with Crippen LogP contribution in [0.1, 0.15) is 51.5 Å². The van der Waals surface area contributed by atoms with Crippen LogP contribution in [0.3, 0.4) is 0 Å². The fourth-order valence-corrected chi connectivity index (χ4v) is 3.40. The van der Waals surface area contributed by atoms with Gasteiger partial charge < -0.3 is 5.32 Å². The Morgan fingerprint density at radius 2 is 1.83 bits per heavy atom. The monoisotopic (exact) mass is 265 g/mol. The molecule has 0 atom stereocenters. The molecule has 2 rings (SSSR count). The van der Waals surface area contributed by atoms with Gasteiger partial charge in [-0.05, 0) is 24.5 Å². The highest BCUT2D eigenvalue weighted by Crippen LogP contribution is 2.41. The van der Waals surface area contributed by atoms with Gasteiger partial charge in [0.1, 0.15) is 0 Å². The molecule has 1 aromatic carbocycles. The van der Waals surface area contributed by atoms with Gasteiger partial charge in [-0.25, -0.2) is 0 Å². The number of benzene rings is 1. The molecule has 0 aliphatic heterocycles. The zero-order chi connectivity index (χ0) is 13.0. The largest absolute Gasteiger partial charge is 0.314 e. The van der Waals surface area contributed by atoms with Crippen molar-refractivity contribution in [2.75, 3.05) is 6.54 Å². The molecule has 0 radical (unpaired) electrons. The fourth-order valence-electron chi connectivity index (χ4n) is 3.06. The minimum atomic E-state index is 0.251. The summed E-state index contributed by atoms with van der Waals surface area (Å²) in [6.45, 7) is 5.47. The fraction of sp³-hybridized carbons (Fsp3) is 0.625.